The van der Waals surface area contributed by atoms with Crippen LogP contribution >= 0.6 is 0 Å². The molecule has 0 radical (unpaired) electrons. The third-order valence-electron chi connectivity index (χ3n) is 14.5. The molecule has 1 saturated heterocycles. The van der Waals surface area contributed by atoms with Crippen molar-refractivity contribution in [2.24, 2.45) is 50.7 Å². The molecule has 5 nitrogen and oxygen atoms in total. The van der Waals surface area contributed by atoms with E-state index in [4.69, 9.17) is 4.74 Å². The number of carbonyl (C=O) groups excluding carboxylic acids is 1. The Morgan fingerprint density at radius 1 is 0.917 bits per heavy atom. The lowest BCUT2D eigenvalue weighted by Gasteiger charge is -2.63. The summed E-state index contributed by atoms with van der Waals surface area (Å²) in [4.78, 5) is 13.1. The molecule has 36 heavy (non-hydrogen) atoms. The third-order valence-corrected chi connectivity index (χ3v) is 14.5. The minimum Gasteiger partial charge on any atom is -0.393 e. The smallest absolute Gasteiger partial charge is 0.249 e. The molecule has 6 saturated carbocycles. The van der Waals surface area contributed by atoms with Gasteiger partial charge in [-0.2, -0.15) is 0 Å². The molecule has 0 bridgehead atoms. The van der Waals surface area contributed by atoms with Gasteiger partial charge in [-0.3, -0.25) is 4.79 Å². The summed E-state index contributed by atoms with van der Waals surface area (Å²) in [6.45, 7) is 11.8. The van der Waals surface area contributed by atoms with Gasteiger partial charge in [0.2, 0.25) is 5.91 Å². The SMILES string of the molecule is CC1CC(C(=O)NC2CCC2)OC2C1C1(C)CCC34CC35CCC(O)C(C)(C)C5CCC4C1(C)C2O. The zero-order chi connectivity index (χ0) is 25.5. The number of aliphatic hydroxyl groups excluding tert-OH is 2. The van der Waals surface area contributed by atoms with Crippen molar-refractivity contribution in [2.45, 2.75) is 136 Å². The molecular formula is C31H49NO4. The van der Waals surface area contributed by atoms with E-state index in [0.29, 0.717) is 40.5 Å². The lowest BCUT2D eigenvalue weighted by Crippen LogP contribution is -2.59. The van der Waals surface area contributed by atoms with Crippen LogP contribution in [0.25, 0.3) is 0 Å². The molecule has 1 amide bonds. The van der Waals surface area contributed by atoms with Gasteiger partial charge in [0.05, 0.1) is 18.3 Å². The summed E-state index contributed by atoms with van der Waals surface area (Å²) in [6.07, 6.45) is 10.9. The lowest BCUT2D eigenvalue weighted by molar-refractivity contribution is -0.182. The van der Waals surface area contributed by atoms with E-state index in [2.05, 4.69) is 39.9 Å². The number of rotatable bonds is 2. The van der Waals surface area contributed by atoms with Gasteiger partial charge in [0.15, 0.2) is 0 Å². The minimum absolute atomic E-state index is 0.0186. The van der Waals surface area contributed by atoms with Crippen molar-refractivity contribution in [3.8, 4) is 0 Å². The van der Waals surface area contributed by atoms with Crippen molar-refractivity contribution in [1.29, 1.82) is 0 Å². The van der Waals surface area contributed by atoms with E-state index in [1.807, 2.05) is 0 Å². The number of carbonyl (C=O) groups is 1. The third kappa shape index (κ3) is 2.62. The van der Waals surface area contributed by atoms with E-state index in [-0.39, 0.29) is 34.4 Å². The molecule has 1 aliphatic heterocycles. The number of hydrogen-bond donors (Lipinski definition) is 3. The van der Waals surface area contributed by atoms with E-state index in [1.54, 1.807) is 0 Å². The first-order valence-corrected chi connectivity index (χ1v) is 15.2. The van der Waals surface area contributed by atoms with E-state index >= 15 is 0 Å². The van der Waals surface area contributed by atoms with Crippen molar-refractivity contribution in [2.75, 3.05) is 0 Å². The normalized spacial score (nSPS) is 58.9. The van der Waals surface area contributed by atoms with Crippen molar-refractivity contribution < 1.29 is 19.7 Å². The van der Waals surface area contributed by atoms with E-state index in [1.165, 1.54) is 25.7 Å². The van der Waals surface area contributed by atoms with Gasteiger partial charge in [-0.05, 0) is 116 Å². The highest BCUT2D eigenvalue weighted by Crippen LogP contribution is 2.89. The first-order valence-electron chi connectivity index (χ1n) is 15.2. The zero-order valence-corrected chi connectivity index (χ0v) is 23.2. The van der Waals surface area contributed by atoms with Crippen LogP contribution < -0.4 is 5.32 Å². The molecule has 3 N–H and O–H groups in total. The van der Waals surface area contributed by atoms with E-state index < -0.39 is 12.2 Å². The molecule has 0 aromatic carbocycles. The van der Waals surface area contributed by atoms with Crippen LogP contribution in [0.4, 0.5) is 0 Å². The van der Waals surface area contributed by atoms with Gasteiger partial charge in [0, 0.05) is 11.5 Å². The number of hydrogen-bond acceptors (Lipinski definition) is 4. The lowest BCUT2D eigenvalue weighted by atomic mass is 9.41. The Bertz CT molecular complexity index is 962. The zero-order valence-electron chi connectivity index (χ0n) is 23.2. The highest BCUT2D eigenvalue weighted by Gasteiger charge is 2.84. The predicted octanol–water partition coefficient (Wildman–Crippen LogP) is 4.83. The number of amides is 1. The van der Waals surface area contributed by atoms with Crippen LogP contribution in [0.2, 0.25) is 0 Å². The fourth-order valence-electron chi connectivity index (χ4n) is 12.3. The highest BCUT2D eigenvalue weighted by molar-refractivity contribution is 5.81. The van der Waals surface area contributed by atoms with Gasteiger partial charge < -0.3 is 20.3 Å². The summed E-state index contributed by atoms with van der Waals surface area (Å²) in [5.41, 5.74) is 0.495. The molecule has 202 valence electrons. The van der Waals surface area contributed by atoms with Crippen LogP contribution in [0.3, 0.4) is 0 Å². The van der Waals surface area contributed by atoms with Gasteiger partial charge in [-0.15, -0.1) is 0 Å². The van der Waals surface area contributed by atoms with Crippen LogP contribution in [-0.2, 0) is 9.53 Å². The van der Waals surface area contributed by atoms with Gasteiger partial charge in [-0.25, -0.2) is 0 Å². The van der Waals surface area contributed by atoms with E-state index in [0.717, 1.165) is 44.9 Å². The summed E-state index contributed by atoms with van der Waals surface area (Å²) in [5, 5.41) is 26.3. The average Bonchev–Trinajstić information content (AvgIpc) is 3.44. The van der Waals surface area contributed by atoms with Crippen LogP contribution in [-0.4, -0.2) is 46.6 Å². The first kappa shape index (κ1) is 24.4. The summed E-state index contributed by atoms with van der Waals surface area (Å²) in [7, 11) is 0. The molecule has 0 aromatic rings. The number of fused-ring (bicyclic) bond motifs is 4. The molecule has 7 rings (SSSR count). The molecule has 7 aliphatic rings. The Kier molecular flexibility index (Phi) is 4.95. The highest BCUT2D eigenvalue weighted by atomic mass is 16.5. The Morgan fingerprint density at radius 3 is 2.31 bits per heavy atom. The summed E-state index contributed by atoms with van der Waals surface area (Å²) >= 11 is 0. The van der Waals surface area contributed by atoms with E-state index in [9.17, 15) is 15.0 Å². The largest absolute Gasteiger partial charge is 0.393 e. The number of ether oxygens (including phenoxy) is 1. The molecule has 2 spiro atoms. The maximum Gasteiger partial charge on any atom is 0.249 e. The second-order valence-corrected chi connectivity index (χ2v) is 15.7. The van der Waals surface area contributed by atoms with Gasteiger partial charge in [-0.1, -0.05) is 34.6 Å². The van der Waals surface area contributed by atoms with Crippen LogP contribution in [0.5, 0.6) is 0 Å². The van der Waals surface area contributed by atoms with Crippen LogP contribution in [0.15, 0.2) is 0 Å². The quantitative estimate of drug-likeness (QED) is 0.509. The topological polar surface area (TPSA) is 78.8 Å². The van der Waals surface area contributed by atoms with Crippen molar-refractivity contribution >= 4 is 5.91 Å². The van der Waals surface area contributed by atoms with Gasteiger partial charge in [0.25, 0.3) is 0 Å². The Hall–Kier alpha value is -0.650. The Labute approximate surface area is 217 Å². The van der Waals surface area contributed by atoms with Crippen LogP contribution in [0.1, 0.15) is 105 Å². The maximum atomic E-state index is 13.1. The Morgan fingerprint density at radius 2 is 1.61 bits per heavy atom. The van der Waals surface area contributed by atoms with Crippen molar-refractivity contribution in [3.05, 3.63) is 0 Å². The molecule has 7 fully saturated rings. The van der Waals surface area contributed by atoms with Crippen LogP contribution in [0, 0.1) is 50.7 Å². The fraction of sp³-hybridized carbons (Fsp3) is 0.968. The molecule has 6 aliphatic carbocycles. The minimum atomic E-state index is -0.521. The molecule has 1 heterocycles. The summed E-state index contributed by atoms with van der Waals surface area (Å²) in [5.74, 6) is 1.81. The Balaban J connectivity index is 1.20. The fourth-order valence-corrected chi connectivity index (χ4v) is 12.3. The van der Waals surface area contributed by atoms with Gasteiger partial charge >= 0.3 is 0 Å². The summed E-state index contributed by atoms with van der Waals surface area (Å²) < 4.78 is 6.63. The molecule has 12 atom stereocenters. The second kappa shape index (κ2) is 7.30. The molecule has 12 unspecified atom stereocenters. The average molecular weight is 500 g/mol. The number of nitrogens with one attached hydrogen (secondary N) is 1. The first-order chi connectivity index (χ1) is 16.9. The predicted molar refractivity (Wildman–Crippen MR) is 138 cm³/mol. The molecule has 5 heteroatoms. The summed E-state index contributed by atoms with van der Waals surface area (Å²) in [6, 6.07) is 0.319. The van der Waals surface area contributed by atoms with Crippen molar-refractivity contribution in [3.63, 3.8) is 0 Å². The van der Waals surface area contributed by atoms with Crippen molar-refractivity contribution in [1.82, 2.24) is 5.32 Å². The molecular weight excluding hydrogens is 450 g/mol. The second-order valence-electron chi connectivity index (χ2n) is 15.7. The van der Waals surface area contributed by atoms with Gasteiger partial charge in [0.1, 0.15) is 6.10 Å². The standard InChI is InChI=1S/C31H49NO4/c1-17-15-19(26(35)32-18-7-6-8-18)36-24-23(17)28(4)13-14-31-16-30(31)12-11-22(33)27(2,3)20(30)9-10-21(31)29(28,5)25(24)34/h17-25,33-34H,6-16H2,1-5H3,(H,32,35). The number of aliphatic hydroxyl groups is 2. The monoisotopic (exact) mass is 499 g/mol. The molecule has 0 aromatic heterocycles. The maximum absolute atomic E-state index is 13.1.